The number of hydrogen-bond acceptors (Lipinski definition) is 3. The molecule has 4 N–H and O–H groups in total. The Hall–Kier alpha value is -1.01. The summed E-state index contributed by atoms with van der Waals surface area (Å²) in [5, 5.41) is -0.288. The van der Waals surface area contributed by atoms with Crippen molar-refractivity contribution < 1.29 is 13.2 Å². The van der Waals surface area contributed by atoms with Gasteiger partial charge in [-0.25, -0.2) is 4.98 Å². The van der Waals surface area contributed by atoms with E-state index in [4.69, 9.17) is 23.1 Å². The maximum absolute atomic E-state index is 12.2. The number of rotatable bonds is 1. The molecule has 78 valence electrons. The zero-order chi connectivity index (χ0) is 10.9. The van der Waals surface area contributed by atoms with Crippen LogP contribution in [0.5, 0.6) is 0 Å². The van der Waals surface area contributed by atoms with Crippen LogP contribution < -0.4 is 11.5 Å². The fourth-order valence-corrected chi connectivity index (χ4v) is 1.10. The van der Waals surface area contributed by atoms with E-state index in [1.807, 2.05) is 0 Å². The molecule has 1 atom stereocenters. The van der Waals surface area contributed by atoms with E-state index in [2.05, 4.69) is 4.98 Å². The summed E-state index contributed by atoms with van der Waals surface area (Å²) in [5.41, 5.74) is 9.97. The van der Waals surface area contributed by atoms with Gasteiger partial charge in [0.25, 0.3) is 0 Å². The van der Waals surface area contributed by atoms with Crippen LogP contribution in [0.15, 0.2) is 12.3 Å². The van der Waals surface area contributed by atoms with Gasteiger partial charge in [-0.3, -0.25) is 0 Å². The fraction of sp³-hybridized carbons (Fsp3) is 0.286. The summed E-state index contributed by atoms with van der Waals surface area (Å²) in [6.07, 6.45) is -3.39. The lowest BCUT2D eigenvalue weighted by molar-refractivity contribution is -0.149. The zero-order valence-corrected chi connectivity index (χ0v) is 7.60. The van der Waals surface area contributed by atoms with E-state index in [1.54, 1.807) is 0 Å². The molecular weight excluding hydrogens is 219 g/mol. The Labute approximate surface area is 82.9 Å². The monoisotopic (exact) mass is 225 g/mol. The average Bonchev–Trinajstić information content (AvgIpc) is 2.06. The van der Waals surface area contributed by atoms with Crippen LogP contribution >= 0.6 is 11.6 Å². The highest BCUT2D eigenvalue weighted by Gasteiger charge is 2.39. The summed E-state index contributed by atoms with van der Waals surface area (Å²) in [6, 6.07) is -1.10. The van der Waals surface area contributed by atoms with E-state index in [-0.39, 0.29) is 16.4 Å². The molecule has 0 saturated heterocycles. The van der Waals surface area contributed by atoms with Gasteiger partial charge < -0.3 is 11.5 Å². The third-order valence-electron chi connectivity index (χ3n) is 1.58. The summed E-state index contributed by atoms with van der Waals surface area (Å²) < 4.78 is 36.6. The van der Waals surface area contributed by atoms with Crippen molar-refractivity contribution in [2.24, 2.45) is 5.73 Å². The van der Waals surface area contributed by atoms with Crippen LogP contribution in [0.4, 0.5) is 18.9 Å². The van der Waals surface area contributed by atoms with Crippen LogP contribution in [-0.4, -0.2) is 11.2 Å². The van der Waals surface area contributed by atoms with Crippen molar-refractivity contribution in [1.29, 1.82) is 0 Å². The van der Waals surface area contributed by atoms with Gasteiger partial charge in [-0.15, -0.1) is 0 Å². The van der Waals surface area contributed by atoms with Crippen LogP contribution in [0.1, 0.15) is 11.6 Å². The highest BCUT2D eigenvalue weighted by atomic mass is 35.5. The molecule has 0 aliphatic heterocycles. The molecule has 14 heavy (non-hydrogen) atoms. The lowest BCUT2D eigenvalue weighted by Gasteiger charge is -2.16. The number of alkyl halides is 3. The highest BCUT2D eigenvalue weighted by Crippen LogP contribution is 2.33. The van der Waals surface area contributed by atoms with Gasteiger partial charge in [0.1, 0.15) is 11.2 Å². The van der Waals surface area contributed by atoms with Crippen molar-refractivity contribution in [2.75, 3.05) is 5.73 Å². The number of pyridine rings is 1. The van der Waals surface area contributed by atoms with Gasteiger partial charge in [0, 0.05) is 5.56 Å². The molecule has 1 rings (SSSR count). The number of nitrogens with zero attached hydrogens (tertiary/aromatic N) is 1. The van der Waals surface area contributed by atoms with E-state index in [9.17, 15) is 13.2 Å². The molecule has 0 aromatic carbocycles. The molecular formula is C7H7ClF3N3. The predicted molar refractivity (Wildman–Crippen MR) is 46.6 cm³/mol. The minimum Gasteiger partial charge on any atom is -0.397 e. The number of halogens is 4. The first-order chi connectivity index (χ1) is 6.32. The van der Waals surface area contributed by atoms with Gasteiger partial charge in [-0.05, 0) is 6.07 Å². The quantitative estimate of drug-likeness (QED) is 0.718. The molecule has 0 bridgehead atoms. The number of hydrogen-bond donors (Lipinski definition) is 2. The first-order valence-electron chi connectivity index (χ1n) is 3.55. The van der Waals surface area contributed by atoms with Crippen LogP contribution in [0, 0.1) is 0 Å². The van der Waals surface area contributed by atoms with E-state index in [1.165, 1.54) is 0 Å². The summed E-state index contributed by atoms with van der Waals surface area (Å²) in [7, 11) is 0. The van der Waals surface area contributed by atoms with Gasteiger partial charge >= 0.3 is 6.18 Å². The summed E-state index contributed by atoms with van der Waals surface area (Å²) in [5.74, 6) is 0. The molecule has 1 heterocycles. The molecule has 7 heteroatoms. The van der Waals surface area contributed by atoms with E-state index in [0.717, 1.165) is 12.3 Å². The van der Waals surface area contributed by atoms with Crippen molar-refractivity contribution in [3.63, 3.8) is 0 Å². The van der Waals surface area contributed by atoms with Crippen molar-refractivity contribution in [3.8, 4) is 0 Å². The second-order valence-electron chi connectivity index (χ2n) is 2.67. The Morgan fingerprint density at radius 1 is 1.43 bits per heavy atom. The SMILES string of the molecule is Nc1cnc(Cl)c(C(N)C(F)(F)F)c1. The molecule has 1 unspecified atom stereocenters. The molecule has 0 aliphatic carbocycles. The Morgan fingerprint density at radius 2 is 2.00 bits per heavy atom. The Kier molecular flexibility index (Phi) is 2.86. The predicted octanol–water partition coefficient (Wildman–Crippen LogP) is 1.88. The largest absolute Gasteiger partial charge is 0.407 e. The van der Waals surface area contributed by atoms with E-state index >= 15 is 0 Å². The normalized spacial score (nSPS) is 14.1. The molecule has 3 nitrogen and oxygen atoms in total. The zero-order valence-electron chi connectivity index (χ0n) is 6.85. The molecule has 1 aromatic rings. The first kappa shape index (κ1) is 11.1. The van der Waals surface area contributed by atoms with Crippen LogP contribution in [0.25, 0.3) is 0 Å². The van der Waals surface area contributed by atoms with Crippen LogP contribution in [0.2, 0.25) is 5.15 Å². The lowest BCUT2D eigenvalue weighted by Crippen LogP contribution is -2.29. The molecule has 0 spiro atoms. The van der Waals surface area contributed by atoms with Gasteiger partial charge in [0.15, 0.2) is 0 Å². The minimum absolute atomic E-state index is 0.0871. The van der Waals surface area contributed by atoms with Crippen molar-refractivity contribution in [1.82, 2.24) is 4.98 Å². The third kappa shape index (κ3) is 2.27. The van der Waals surface area contributed by atoms with Gasteiger partial charge in [0.05, 0.1) is 11.9 Å². The van der Waals surface area contributed by atoms with E-state index in [0.29, 0.717) is 0 Å². The van der Waals surface area contributed by atoms with Gasteiger partial charge in [-0.2, -0.15) is 13.2 Å². The van der Waals surface area contributed by atoms with Gasteiger partial charge in [0.2, 0.25) is 0 Å². The second kappa shape index (κ2) is 3.62. The number of nitrogen functional groups attached to an aromatic ring is 1. The minimum atomic E-state index is -4.56. The van der Waals surface area contributed by atoms with Crippen LogP contribution in [0.3, 0.4) is 0 Å². The van der Waals surface area contributed by atoms with Crippen molar-refractivity contribution in [3.05, 3.63) is 23.0 Å². The fourth-order valence-electron chi connectivity index (χ4n) is 0.877. The smallest absolute Gasteiger partial charge is 0.397 e. The lowest BCUT2D eigenvalue weighted by atomic mass is 10.1. The second-order valence-corrected chi connectivity index (χ2v) is 3.03. The number of nitrogens with two attached hydrogens (primary N) is 2. The molecule has 0 saturated carbocycles. The third-order valence-corrected chi connectivity index (χ3v) is 1.89. The van der Waals surface area contributed by atoms with Crippen molar-refractivity contribution in [2.45, 2.75) is 12.2 Å². The number of anilines is 1. The molecule has 0 radical (unpaired) electrons. The summed E-state index contributed by atoms with van der Waals surface area (Å²) in [6.45, 7) is 0. The van der Waals surface area contributed by atoms with Crippen LogP contribution in [-0.2, 0) is 0 Å². The standard InChI is InChI=1S/C7H7ClF3N3/c8-6-4(1-3(12)2-14-6)5(13)7(9,10)11/h1-2,5H,12-13H2. The molecule has 0 amide bonds. The molecule has 0 aliphatic rings. The molecule has 1 aromatic heterocycles. The summed E-state index contributed by atoms with van der Waals surface area (Å²) >= 11 is 5.45. The Bertz CT molecular complexity index is 339. The maximum Gasteiger partial charge on any atom is 0.407 e. The summed E-state index contributed by atoms with van der Waals surface area (Å²) in [4.78, 5) is 3.47. The Morgan fingerprint density at radius 3 is 2.50 bits per heavy atom. The van der Waals surface area contributed by atoms with Gasteiger partial charge in [-0.1, -0.05) is 11.6 Å². The highest BCUT2D eigenvalue weighted by molar-refractivity contribution is 6.30. The topological polar surface area (TPSA) is 64.9 Å². The molecule has 0 fully saturated rings. The number of aromatic nitrogens is 1. The Balaban J connectivity index is 3.12. The first-order valence-corrected chi connectivity index (χ1v) is 3.93. The van der Waals surface area contributed by atoms with Crippen molar-refractivity contribution >= 4 is 17.3 Å². The maximum atomic E-state index is 12.2. The van der Waals surface area contributed by atoms with E-state index < -0.39 is 12.2 Å². The average molecular weight is 226 g/mol.